The van der Waals surface area contributed by atoms with E-state index in [4.69, 9.17) is 4.74 Å². The third kappa shape index (κ3) is 5.88. The summed E-state index contributed by atoms with van der Waals surface area (Å²) in [6.07, 6.45) is 0. The maximum absolute atomic E-state index is 12.0. The number of hydrogen-bond acceptors (Lipinski definition) is 3. The summed E-state index contributed by atoms with van der Waals surface area (Å²) in [4.78, 5) is 24.9. The number of benzene rings is 2. The van der Waals surface area contributed by atoms with Gasteiger partial charge in [-0.3, -0.25) is 20.4 Å². The number of methoxy groups -OCH3 is 1. The summed E-state index contributed by atoms with van der Waals surface area (Å²) in [5, 5.41) is 0. The Bertz CT molecular complexity index is 738. The number of amides is 2. The van der Waals surface area contributed by atoms with Crippen LogP contribution >= 0.6 is 15.9 Å². The van der Waals surface area contributed by atoms with Crippen molar-refractivity contribution in [1.29, 1.82) is 0 Å². The van der Waals surface area contributed by atoms with E-state index in [1.54, 1.807) is 31.4 Å². The number of hydrazine groups is 1. The van der Waals surface area contributed by atoms with Gasteiger partial charge in [0.1, 0.15) is 12.3 Å². The smallest absolute Gasteiger partial charge is 0.293 e. The number of quaternary nitrogens is 1. The van der Waals surface area contributed by atoms with Crippen molar-refractivity contribution in [3.05, 3.63) is 64.1 Å². The van der Waals surface area contributed by atoms with Gasteiger partial charge in [0.15, 0.2) is 6.54 Å². The number of likely N-dealkylation sites (N-methyl/N-ethyl adjacent to an activating group) is 1. The van der Waals surface area contributed by atoms with E-state index >= 15 is 0 Å². The Hall–Kier alpha value is -2.38. The lowest BCUT2D eigenvalue weighted by atomic mass is 10.2. The molecule has 0 aromatic heterocycles. The second-order valence-electron chi connectivity index (χ2n) is 5.64. The van der Waals surface area contributed by atoms with E-state index in [9.17, 15) is 9.59 Å². The summed E-state index contributed by atoms with van der Waals surface area (Å²) >= 11 is 3.44. The fraction of sp³-hybridized carbons (Fsp3) is 0.222. The zero-order valence-corrected chi connectivity index (χ0v) is 15.7. The molecule has 0 aliphatic heterocycles. The van der Waals surface area contributed by atoms with E-state index in [0.29, 0.717) is 12.1 Å². The van der Waals surface area contributed by atoms with Crippen LogP contribution in [-0.2, 0) is 11.3 Å². The quantitative estimate of drug-likeness (QED) is 0.625. The van der Waals surface area contributed by atoms with Gasteiger partial charge in [-0.2, -0.15) is 0 Å². The Kier molecular flexibility index (Phi) is 6.97. The lowest BCUT2D eigenvalue weighted by Gasteiger charge is -2.16. The van der Waals surface area contributed by atoms with E-state index in [1.165, 1.54) is 0 Å². The zero-order valence-electron chi connectivity index (χ0n) is 14.1. The molecule has 0 fully saturated rings. The summed E-state index contributed by atoms with van der Waals surface area (Å²) in [6, 6.07) is 14.5. The van der Waals surface area contributed by atoms with Crippen LogP contribution in [0.1, 0.15) is 15.9 Å². The monoisotopic (exact) mass is 406 g/mol. The van der Waals surface area contributed by atoms with E-state index in [0.717, 1.165) is 20.7 Å². The van der Waals surface area contributed by atoms with Gasteiger partial charge in [0.25, 0.3) is 11.8 Å². The Morgan fingerprint density at radius 2 is 1.84 bits per heavy atom. The van der Waals surface area contributed by atoms with Gasteiger partial charge in [0.05, 0.1) is 14.2 Å². The Morgan fingerprint density at radius 3 is 2.52 bits per heavy atom. The van der Waals surface area contributed by atoms with Gasteiger partial charge in [0.2, 0.25) is 0 Å². The molecule has 132 valence electrons. The molecule has 0 bridgehead atoms. The van der Waals surface area contributed by atoms with Crippen LogP contribution in [0.15, 0.2) is 53.0 Å². The zero-order chi connectivity index (χ0) is 18.2. The maximum Gasteiger partial charge on any atom is 0.293 e. The normalized spacial score (nSPS) is 11.5. The lowest BCUT2D eigenvalue weighted by Crippen LogP contribution is -3.09. The number of carbonyl (C=O) groups is 2. The minimum atomic E-state index is -0.347. The van der Waals surface area contributed by atoms with Crippen LogP contribution in [0, 0.1) is 0 Å². The maximum atomic E-state index is 12.0. The minimum absolute atomic E-state index is 0.213. The van der Waals surface area contributed by atoms with E-state index < -0.39 is 0 Å². The molecular formula is C18H21BrN3O3+. The predicted molar refractivity (Wildman–Crippen MR) is 98.2 cm³/mol. The average Bonchev–Trinajstić information content (AvgIpc) is 2.60. The van der Waals surface area contributed by atoms with Crippen LogP contribution in [0.2, 0.25) is 0 Å². The molecule has 25 heavy (non-hydrogen) atoms. The van der Waals surface area contributed by atoms with Gasteiger partial charge in [-0.1, -0.05) is 34.1 Å². The highest BCUT2D eigenvalue weighted by Gasteiger charge is 2.14. The first-order valence-electron chi connectivity index (χ1n) is 7.77. The molecule has 0 radical (unpaired) electrons. The van der Waals surface area contributed by atoms with Crippen molar-refractivity contribution >= 4 is 27.7 Å². The SMILES string of the molecule is COc1ccc(Br)cc1C[NH+](C)CC(=O)NNC(=O)c1ccccc1. The third-order valence-corrected chi connectivity index (χ3v) is 4.04. The standard InChI is InChI=1S/C18H20BrN3O3/c1-22(11-14-10-15(19)8-9-16(14)25-2)12-17(23)20-21-18(24)13-6-4-3-5-7-13/h3-10H,11-12H2,1-2H3,(H,20,23)(H,21,24)/p+1. The summed E-state index contributed by atoms with van der Waals surface area (Å²) in [5.74, 6) is 0.163. The van der Waals surface area contributed by atoms with Crippen molar-refractivity contribution in [1.82, 2.24) is 10.9 Å². The largest absolute Gasteiger partial charge is 0.496 e. The van der Waals surface area contributed by atoms with Crippen LogP contribution in [-0.4, -0.2) is 32.5 Å². The van der Waals surface area contributed by atoms with Crippen LogP contribution in [0.3, 0.4) is 0 Å². The Balaban J connectivity index is 1.84. The summed E-state index contributed by atoms with van der Waals surface area (Å²) in [6.45, 7) is 0.827. The number of nitrogens with one attached hydrogen (secondary N) is 3. The summed E-state index contributed by atoms with van der Waals surface area (Å²) in [5.41, 5.74) is 6.34. The molecule has 2 aromatic rings. The molecule has 0 heterocycles. The molecule has 1 atom stereocenters. The van der Waals surface area contributed by atoms with Crippen molar-refractivity contribution in [2.75, 3.05) is 20.7 Å². The van der Waals surface area contributed by atoms with Crippen molar-refractivity contribution in [3.8, 4) is 5.75 Å². The van der Waals surface area contributed by atoms with Crippen molar-refractivity contribution < 1.29 is 19.2 Å². The second-order valence-corrected chi connectivity index (χ2v) is 6.55. The number of ether oxygens (including phenoxy) is 1. The van der Waals surface area contributed by atoms with Crippen LogP contribution in [0.4, 0.5) is 0 Å². The van der Waals surface area contributed by atoms with E-state index in [1.807, 2.05) is 31.3 Å². The second kappa shape index (κ2) is 9.19. The van der Waals surface area contributed by atoms with Gasteiger partial charge in [0, 0.05) is 15.6 Å². The molecule has 0 spiro atoms. The van der Waals surface area contributed by atoms with Gasteiger partial charge in [-0.15, -0.1) is 0 Å². The van der Waals surface area contributed by atoms with Gasteiger partial charge >= 0.3 is 0 Å². The van der Waals surface area contributed by atoms with Gasteiger partial charge in [-0.05, 0) is 30.3 Å². The molecule has 1 unspecified atom stereocenters. The molecule has 0 saturated heterocycles. The third-order valence-electron chi connectivity index (χ3n) is 3.55. The van der Waals surface area contributed by atoms with Crippen LogP contribution < -0.4 is 20.5 Å². The first kappa shape index (κ1) is 19.0. The summed E-state index contributed by atoms with van der Waals surface area (Å²) < 4.78 is 6.30. The topological polar surface area (TPSA) is 71.9 Å². The highest BCUT2D eigenvalue weighted by atomic mass is 79.9. The summed E-state index contributed by atoms with van der Waals surface area (Å²) in [7, 11) is 3.52. The molecule has 0 aliphatic carbocycles. The van der Waals surface area contributed by atoms with Crippen molar-refractivity contribution in [2.24, 2.45) is 0 Å². The highest BCUT2D eigenvalue weighted by Crippen LogP contribution is 2.21. The number of rotatable bonds is 6. The Labute approximate surface area is 155 Å². The van der Waals surface area contributed by atoms with Crippen molar-refractivity contribution in [2.45, 2.75) is 6.54 Å². The molecule has 7 heteroatoms. The molecular weight excluding hydrogens is 386 g/mol. The number of hydrogen-bond donors (Lipinski definition) is 3. The minimum Gasteiger partial charge on any atom is -0.496 e. The van der Waals surface area contributed by atoms with Gasteiger partial charge in [-0.25, -0.2) is 0 Å². The first-order valence-corrected chi connectivity index (χ1v) is 8.57. The lowest BCUT2D eigenvalue weighted by molar-refractivity contribution is -0.885. The fourth-order valence-electron chi connectivity index (χ4n) is 2.38. The highest BCUT2D eigenvalue weighted by molar-refractivity contribution is 9.10. The van der Waals surface area contributed by atoms with E-state index in [2.05, 4.69) is 26.8 Å². The number of carbonyl (C=O) groups excluding carboxylic acids is 2. The molecule has 3 N–H and O–H groups in total. The van der Waals surface area contributed by atoms with E-state index in [-0.39, 0.29) is 18.4 Å². The number of halogens is 1. The predicted octanol–water partition coefficient (Wildman–Crippen LogP) is 0.934. The molecule has 2 aromatic carbocycles. The molecule has 2 amide bonds. The van der Waals surface area contributed by atoms with Crippen LogP contribution in [0.5, 0.6) is 5.75 Å². The Morgan fingerprint density at radius 1 is 1.12 bits per heavy atom. The van der Waals surface area contributed by atoms with Gasteiger partial charge < -0.3 is 9.64 Å². The fourth-order valence-corrected chi connectivity index (χ4v) is 2.79. The van der Waals surface area contributed by atoms with Crippen molar-refractivity contribution in [3.63, 3.8) is 0 Å². The average molecular weight is 407 g/mol. The molecule has 0 saturated carbocycles. The molecule has 6 nitrogen and oxygen atoms in total. The van der Waals surface area contributed by atoms with Crippen LogP contribution in [0.25, 0.3) is 0 Å². The molecule has 2 rings (SSSR count). The molecule has 0 aliphatic rings. The first-order chi connectivity index (χ1) is 12.0.